The fourth-order valence-electron chi connectivity index (χ4n) is 2.22. The maximum absolute atomic E-state index is 12.6. The second-order valence-electron chi connectivity index (χ2n) is 5.86. The molecule has 29 heavy (non-hydrogen) atoms. The van der Waals surface area contributed by atoms with Gasteiger partial charge in [0.25, 0.3) is 5.91 Å². The third-order valence-electron chi connectivity index (χ3n) is 3.67. The van der Waals surface area contributed by atoms with Gasteiger partial charge >= 0.3 is 0 Å². The molecule has 0 aliphatic rings. The van der Waals surface area contributed by atoms with Crippen LogP contribution in [0.3, 0.4) is 0 Å². The van der Waals surface area contributed by atoms with Crippen LogP contribution in [-0.2, 0) is 20.6 Å². The van der Waals surface area contributed by atoms with Crippen molar-refractivity contribution >= 4 is 27.7 Å². The van der Waals surface area contributed by atoms with E-state index in [1.807, 2.05) is 37.3 Å². The molecule has 0 saturated heterocycles. The van der Waals surface area contributed by atoms with E-state index < -0.39 is 22.0 Å². The minimum atomic E-state index is -3.98. The highest BCUT2D eigenvalue weighted by atomic mass is 32.2. The number of amides is 1. The lowest BCUT2D eigenvalue weighted by atomic mass is 10.2. The largest absolute Gasteiger partial charge is 0.408 e. The lowest BCUT2D eigenvalue weighted by Gasteiger charge is -2.17. The summed E-state index contributed by atoms with van der Waals surface area (Å²) in [4.78, 5) is 11.9. The van der Waals surface area contributed by atoms with Crippen LogP contribution in [0.15, 0.2) is 59.5 Å². The number of carbonyl (C=O) groups is 1. The van der Waals surface area contributed by atoms with E-state index in [4.69, 9.17) is 9.94 Å². The summed E-state index contributed by atoms with van der Waals surface area (Å²) in [7, 11) is -3.98. The van der Waals surface area contributed by atoms with Crippen LogP contribution in [0.2, 0.25) is 0 Å². The summed E-state index contributed by atoms with van der Waals surface area (Å²) >= 11 is 1.37. The molecule has 0 aliphatic heterocycles. The second-order valence-corrected chi connectivity index (χ2v) is 8.60. The zero-order chi connectivity index (χ0) is 21.1. The first-order valence-electron chi connectivity index (χ1n) is 8.79. The molecule has 2 aromatic carbocycles. The van der Waals surface area contributed by atoms with Crippen molar-refractivity contribution in [2.75, 3.05) is 5.75 Å². The summed E-state index contributed by atoms with van der Waals surface area (Å²) in [6.07, 6.45) is 3.15. The molecule has 1 amide bonds. The predicted molar refractivity (Wildman–Crippen MR) is 112 cm³/mol. The van der Waals surface area contributed by atoms with E-state index >= 15 is 0 Å². The molecule has 3 N–H and O–H groups in total. The number of hydrogen-bond donors (Lipinski definition) is 3. The Bertz CT molecular complexity index is 952. The number of thioether (sulfide) groups is 1. The highest BCUT2D eigenvalue weighted by Crippen LogP contribution is 2.18. The first kappa shape index (κ1) is 22.8. The van der Waals surface area contributed by atoms with E-state index in [1.165, 1.54) is 41.5 Å². The van der Waals surface area contributed by atoms with Gasteiger partial charge in [-0.2, -0.15) is 16.5 Å². The Balaban J connectivity index is 2.03. The maximum Gasteiger partial charge on any atom is 0.262 e. The molecule has 0 spiro atoms. The van der Waals surface area contributed by atoms with Gasteiger partial charge in [0, 0.05) is 17.9 Å². The Hall–Kier alpha value is -2.51. The Kier molecular flexibility index (Phi) is 9.02. The van der Waals surface area contributed by atoms with Gasteiger partial charge in [-0.05, 0) is 29.8 Å². The molecule has 1 atom stereocenters. The van der Waals surface area contributed by atoms with Crippen molar-refractivity contribution in [3.63, 3.8) is 0 Å². The summed E-state index contributed by atoms with van der Waals surface area (Å²) in [5.74, 6) is 3.07. The average Bonchev–Trinajstić information content (AvgIpc) is 2.73. The lowest BCUT2D eigenvalue weighted by Crippen LogP contribution is -2.47. The zero-order valence-corrected chi connectivity index (χ0v) is 17.4. The third-order valence-corrected chi connectivity index (χ3v) is 6.27. The van der Waals surface area contributed by atoms with E-state index in [0.29, 0.717) is 17.9 Å². The summed E-state index contributed by atoms with van der Waals surface area (Å²) in [6, 6.07) is 14.1. The van der Waals surface area contributed by atoms with Crippen molar-refractivity contribution < 1.29 is 23.2 Å². The molecule has 0 saturated carbocycles. The van der Waals surface area contributed by atoms with Crippen LogP contribution in [0, 0.1) is 12.0 Å². The van der Waals surface area contributed by atoms with E-state index in [9.17, 15) is 13.2 Å². The van der Waals surface area contributed by atoms with Crippen molar-refractivity contribution in [1.29, 1.82) is 0 Å². The van der Waals surface area contributed by atoms with Crippen molar-refractivity contribution in [3.05, 3.63) is 60.2 Å². The topological polar surface area (TPSA) is 105 Å². The predicted octanol–water partition coefficient (Wildman–Crippen LogP) is 2.52. The van der Waals surface area contributed by atoms with Gasteiger partial charge in [-0.3, -0.25) is 10.0 Å². The molecule has 7 nitrogen and oxygen atoms in total. The lowest BCUT2D eigenvalue weighted by molar-refractivity contribution is -0.130. The van der Waals surface area contributed by atoms with Crippen LogP contribution in [0.4, 0.5) is 0 Å². The molecule has 0 heterocycles. The minimum Gasteiger partial charge on any atom is -0.408 e. The number of sulfonamides is 1. The average molecular weight is 435 g/mol. The second kappa shape index (κ2) is 11.5. The summed E-state index contributed by atoms with van der Waals surface area (Å²) < 4.78 is 32.7. The first-order valence-corrected chi connectivity index (χ1v) is 11.4. The molecule has 9 heteroatoms. The minimum absolute atomic E-state index is 0.0305. The zero-order valence-electron chi connectivity index (χ0n) is 15.8. The smallest absolute Gasteiger partial charge is 0.262 e. The molecule has 1 unspecified atom stereocenters. The normalized spacial score (nSPS) is 11.8. The van der Waals surface area contributed by atoms with Gasteiger partial charge < -0.3 is 4.74 Å². The van der Waals surface area contributed by atoms with Crippen LogP contribution in [0.25, 0.3) is 0 Å². The Labute approximate surface area is 174 Å². The van der Waals surface area contributed by atoms with Gasteiger partial charge in [-0.25, -0.2) is 13.9 Å². The van der Waals surface area contributed by atoms with Gasteiger partial charge in [-0.15, -0.1) is 0 Å². The van der Waals surface area contributed by atoms with Gasteiger partial charge in [-0.1, -0.05) is 43.2 Å². The highest BCUT2D eigenvalue weighted by molar-refractivity contribution is 7.98. The number of hydrogen-bond acceptors (Lipinski definition) is 6. The van der Waals surface area contributed by atoms with Crippen LogP contribution in [0.1, 0.15) is 18.9 Å². The molecule has 2 aromatic rings. The molecule has 0 fully saturated rings. The fourth-order valence-corrected chi connectivity index (χ4v) is 4.54. The Morgan fingerprint density at radius 3 is 2.48 bits per heavy atom. The van der Waals surface area contributed by atoms with E-state index in [1.54, 1.807) is 0 Å². The molecule has 0 radical (unpaired) electrons. The van der Waals surface area contributed by atoms with Gasteiger partial charge in [0.15, 0.2) is 0 Å². The van der Waals surface area contributed by atoms with Crippen molar-refractivity contribution in [1.82, 2.24) is 10.2 Å². The summed E-state index contributed by atoms with van der Waals surface area (Å²) in [5.41, 5.74) is 2.56. The number of carbonyl (C=O) groups excluding carboxylic acids is 1. The standard InChI is InChI=1S/C20H22N2O5S2/c1-2-3-13-27-17-9-11-18(12-10-17)29(25,26)22-19(20(23)21-24)15-28-14-16-7-5-4-6-8-16/h4-12,19,22,24H,2,14-15H2,1H3,(H,21,23). The number of benzene rings is 2. The maximum atomic E-state index is 12.6. The monoisotopic (exact) mass is 434 g/mol. The fraction of sp³-hybridized carbons (Fsp3) is 0.250. The van der Waals surface area contributed by atoms with Gasteiger partial charge in [0.1, 0.15) is 17.9 Å². The first-order chi connectivity index (χ1) is 14.0. The molecular weight excluding hydrogens is 412 g/mol. The molecule has 0 bridgehead atoms. The molecule has 0 aromatic heterocycles. The summed E-state index contributed by atoms with van der Waals surface area (Å²) in [6.45, 7) is 1.88. The Morgan fingerprint density at radius 1 is 1.17 bits per heavy atom. The van der Waals surface area contributed by atoms with Crippen LogP contribution < -0.4 is 14.9 Å². The molecular formula is C20H22N2O5S2. The van der Waals surface area contributed by atoms with Crippen LogP contribution in [0.5, 0.6) is 5.75 Å². The molecule has 154 valence electrons. The number of nitrogens with one attached hydrogen (secondary N) is 2. The van der Waals surface area contributed by atoms with Crippen molar-refractivity contribution in [3.8, 4) is 17.8 Å². The van der Waals surface area contributed by atoms with E-state index in [2.05, 4.69) is 16.7 Å². The SMILES string of the molecule is CCC#COc1ccc(S(=O)(=O)NC(CSCc2ccccc2)C(=O)NO)cc1. The highest BCUT2D eigenvalue weighted by Gasteiger charge is 2.25. The number of hydroxylamine groups is 1. The third kappa shape index (κ3) is 7.44. The van der Waals surface area contributed by atoms with Crippen molar-refractivity contribution in [2.45, 2.75) is 30.0 Å². The molecule has 2 rings (SSSR count). The number of rotatable bonds is 9. The Morgan fingerprint density at radius 2 is 1.86 bits per heavy atom. The quantitative estimate of drug-likeness (QED) is 0.318. The van der Waals surface area contributed by atoms with Crippen molar-refractivity contribution in [2.24, 2.45) is 0 Å². The molecule has 0 aliphatic carbocycles. The number of ether oxygens (including phenoxy) is 1. The summed E-state index contributed by atoms with van der Waals surface area (Å²) in [5, 5.41) is 8.96. The van der Waals surface area contributed by atoms with Gasteiger partial charge in [0.2, 0.25) is 10.0 Å². The van der Waals surface area contributed by atoms with E-state index in [0.717, 1.165) is 5.56 Å². The van der Waals surface area contributed by atoms with Crippen LogP contribution in [-0.4, -0.2) is 31.3 Å². The van der Waals surface area contributed by atoms with E-state index in [-0.39, 0.29) is 10.6 Å². The van der Waals surface area contributed by atoms with Crippen LogP contribution >= 0.6 is 11.8 Å². The van der Waals surface area contributed by atoms with Gasteiger partial charge in [0.05, 0.1) is 4.90 Å².